The fourth-order valence-electron chi connectivity index (χ4n) is 3.18. The lowest BCUT2D eigenvalue weighted by molar-refractivity contribution is -0.124. The quantitative estimate of drug-likeness (QED) is 0.792. The van der Waals surface area contributed by atoms with Crippen LogP contribution in [-0.4, -0.2) is 31.2 Å². The highest BCUT2D eigenvalue weighted by Gasteiger charge is 2.36. The molecule has 0 aromatic heterocycles. The zero-order chi connectivity index (χ0) is 20.3. The lowest BCUT2D eigenvalue weighted by atomic mass is 10.1. The first kappa shape index (κ1) is 20.7. The van der Waals surface area contributed by atoms with Gasteiger partial charge in [-0.05, 0) is 61.2 Å². The molecule has 150 valence electrons. The van der Waals surface area contributed by atoms with Crippen molar-refractivity contribution in [1.29, 1.82) is 0 Å². The minimum atomic E-state index is -4.12. The predicted molar refractivity (Wildman–Crippen MR) is 101 cm³/mol. The molecule has 1 fully saturated rings. The first-order valence-corrected chi connectivity index (χ1v) is 10.6. The largest absolute Gasteiger partial charge is 0.355 e. The van der Waals surface area contributed by atoms with Crippen LogP contribution in [0.2, 0.25) is 5.02 Å². The number of rotatable bonds is 5. The van der Waals surface area contributed by atoms with Crippen LogP contribution < -0.4 is 5.32 Å². The smallest absolute Gasteiger partial charge is 0.244 e. The summed E-state index contributed by atoms with van der Waals surface area (Å²) >= 11 is 5.84. The number of benzene rings is 2. The molecule has 2 aromatic carbocycles. The molecule has 1 heterocycles. The third-order valence-corrected chi connectivity index (χ3v) is 6.66. The number of halogens is 3. The summed E-state index contributed by atoms with van der Waals surface area (Å²) in [4.78, 5) is 12.5. The van der Waals surface area contributed by atoms with Crippen molar-refractivity contribution in [3.05, 3.63) is 64.7 Å². The van der Waals surface area contributed by atoms with Crippen LogP contribution >= 0.6 is 11.6 Å². The van der Waals surface area contributed by atoms with Crippen molar-refractivity contribution in [3.8, 4) is 0 Å². The highest BCUT2D eigenvalue weighted by Crippen LogP contribution is 2.26. The standard InChI is InChI=1S/C19H19ClF2N2O3S/c20-14-4-6-17(7-5-14)28(26,27)24(18-3-1-2-8-23-19(18)25)12-13-9-15(21)11-16(22)10-13/h4-7,9-11,18H,1-3,8,12H2,(H,23,25). The molecule has 1 aliphatic rings. The van der Waals surface area contributed by atoms with Crippen LogP contribution in [0.4, 0.5) is 8.78 Å². The predicted octanol–water partition coefficient (Wildman–Crippen LogP) is 3.48. The van der Waals surface area contributed by atoms with Crippen molar-refractivity contribution in [2.75, 3.05) is 6.54 Å². The van der Waals surface area contributed by atoms with E-state index in [9.17, 15) is 22.0 Å². The monoisotopic (exact) mass is 428 g/mol. The molecule has 2 aromatic rings. The normalized spacial score (nSPS) is 18.0. The van der Waals surface area contributed by atoms with Crippen molar-refractivity contribution in [1.82, 2.24) is 9.62 Å². The molecule has 0 radical (unpaired) electrons. The maximum atomic E-state index is 13.6. The van der Waals surface area contributed by atoms with E-state index in [2.05, 4.69) is 5.32 Å². The molecule has 1 amide bonds. The van der Waals surface area contributed by atoms with Crippen molar-refractivity contribution in [2.24, 2.45) is 0 Å². The lowest BCUT2D eigenvalue weighted by Crippen LogP contribution is -2.48. The van der Waals surface area contributed by atoms with Gasteiger partial charge in [0.25, 0.3) is 0 Å². The molecule has 1 atom stereocenters. The van der Waals surface area contributed by atoms with Gasteiger partial charge in [-0.25, -0.2) is 17.2 Å². The van der Waals surface area contributed by atoms with Gasteiger partial charge in [0, 0.05) is 24.2 Å². The summed E-state index contributed by atoms with van der Waals surface area (Å²) in [5.74, 6) is -2.06. The molecule has 9 heteroatoms. The minimum Gasteiger partial charge on any atom is -0.355 e. The Morgan fingerprint density at radius 2 is 1.71 bits per heavy atom. The van der Waals surface area contributed by atoms with Crippen LogP contribution in [0.15, 0.2) is 47.4 Å². The third kappa shape index (κ3) is 4.68. The van der Waals surface area contributed by atoms with Crippen molar-refractivity contribution in [3.63, 3.8) is 0 Å². The number of nitrogens with one attached hydrogen (secondary N) is 1. The third-order valence-electron chi connectivity index (χ3n) is 4.53. The number of hydrogen-bond acceptors (Lipinski definition) is 3. The minimum absolute atomic E-state index is 0.0502. The second-order valence-corrected chi connectivity index (χ2v) is 8.91. The molecule has 3 rings (SSSR count). The summed E-state index contributed by atoms with van der Waals surface area (Å²) in [7, 11) is -4.12. The van der Waals surface area contributed by atoms with Gasteiger partial charge in [0.05, 0.1) is 4.90 Å². The highest BCUT2D eigenvalue weighted by atomic mass is 35.5. The van der Waals surface area contributed by atoms with E-state index in [1.54, 1.807) is 0 Å². The van der Waals surface area contributed by atoms with Gasteiger partial charge in [-0.1, -0.05) is 11.6 Å². The molecular weight excluding hydrogens is 410 g/mol. The van der Waals surface area contributed by atoms with Crippen molar-refractivity contribution < 1.29 is 22.0 Å². The zero-order valence-electron chi connectivity index (χ0n) is 14.9. The molecule has 0 spiro atoms. The summed E-state index contributed by atoms with van der Waals surface area (Å²) in [6.07, 6.45) is 1.69. The summed E-state index contributed by atoms with van der Waals surface area (Å²) in [6.45, 7) is 0.122. The highest BCUT2D eigenvalue weighted by molar-refractivity contribution is 7.89. The number of amides is 1. The topological polar surface area (TPSA) is 66.5 Å². The molecule has 0 aliphatic carbocycles. The number of carbonyl (C=O) groups is 1. The Morgan fingerprint density at radius 3 is 2.36 bits per heavy atom. The van der Waals surface area contributed by atoms with Gasteiger partial charge in [0.1, 0.15) is 17.7 Å². The summed E-state index contributed by atoms with van der Waals surface area (Å²) in [5.41, 5.74) is 0.118. The number of carbonyl (C=O) groups excluding carboxylic acids is 1. The second kappa shape index (κ2) is 8.55. The molecule has 1 N–H and O–H groups in total. The van der Waals surface area contributed by atoms with Crippen LogP contribution in [0.5, 0.6) is 0 Å². The SMILES string of the molecule is O=C1NCCCCC1N(Cc1cc(F)cc(F)c1)S(=O)(=O)c1ccc(Cl)cc1. The Bertz CT molecular complexity index is 947. The van der Waals surface area contributed by atoms with Gasteiger partial charge in [0.2, 0.25) is 15.9 Å². The van der Waals surface area contributed by atoms with Crippen molar-refractivity contribution in [2.45, 2.75) is 36.7 Å². The van der Waals surface area contributed by atoms with Gasteiger partial charge in [-0.3, -0.25) is 4.79 Å². The average Bonchev–Trinajstić information content (AvgIpc) is 2.83. The zero-order valence-corrected chi connectivity index (χ0v) is 16.4. The van der Waals surface area contributed by atoms with E-state index < -0.39 is 33.6 Å². The lowest BCUT2D eigenvalue weighted by Gasteiger charge is -2.29. The Hall–Kier alpha value is -2.03. The Kier molecular flexibility index (Phi) is 6.32. The van der Waals surface area contributed by atoms with E-state index in [1.165, 1.54) is 24.3 Å². The first-order valence-electron chi connectivity index (χ1n) is 8.77. The van der Waals surface area contributed by atoms with Crippen LogP contribution in [0.1, 0.15) is 24.8 Å². The molecule has 0 bridgehead atoms. The molecule has 1 saturated heterocycles. The maximum Gasteiger partial charge on any atom is 0.244 e. The van der Waals surface area contributed by atoms with E-state index in [4.69, 9.17) is 11.6 Å². The number of nitrogens with zero attached hydrogens (tertiary/aromatic N) is 1. The summed E-state index contributed by atoms with van der Waals surface area (Å²) < 4.78 is 54.8. The summed E-state index contributed by atoms with van der Waals surface area (Å²) in [5, 5.41) is 3.07. The maximum absolute atomic E-state index is 13.6. The van der Waals surface area contributed by atoms with Gasteiger partial charge < -0.3 is 5.32 Å². The van der Waals surface area contributed by atoms with Crippen molar-refractivity contribution >= 4 is 27.5 Å². The Labute approximate surface area is 167 Å². The average molecular weight is 429 g/mol. The summed E-state index contributed by atoms with van der Waals surface area (Å²) in [6, 6.07) is 7.39. The van der Waals surface area contributed by atoms with Crippen LogP contribution in [-0.2, 0) is 21.4 Å². The van der Waals surface area contributed by atoms with Gasteiger partial charge in [0.15, 0.2) is 0 Å². The first-order chi connectivity index (χ1) is 13.3. The van der Waals surface area contributed by atoms with Gasteiger partial charge in [-0.15, -0.1) is 0 Å². The van der Waals surface area contributed by atoms with Crippen LogP contribution in [0.25, 0.3) is 0 Å². The number of sulfonamides is 1. The second-order valence-electron chi connectivity index (χ2n) is 6.58. The van der Waals surface area contributed by atoms with E-state index in [0.717, 1.165) is 22.9 Å². The molecular formula is C19H19ClF2N2O3S. The van der Waals surface area contributed by atoms with E-state index in [1.807, 2.05) is 0 Å². The molecule has 0 saturated carbocycles. The van der Waals surface area contributed by atoms with E-state index >= 15 is 0 Å². The fraction of sp³-hybridized carbons (Fsp3) is 0.316. The van der Waals surface area contributed by atoms with Gasteiger partial charge in [-0.2, -0.15) is 4.31 Å². The fourth-order valence-corrected chi connectivity index (χ4v) is 4.92. The van der Waals surface area contributed by atoms with E-state index in [0.29, 0.717) is 30.5 Å². The van der Waals surface area contributed by atoms with Gasteiger partial charge >= 0.3 is 0 Å². The molecule has 28 heavy (non-hydrogen) atoms. The van der Waals surface area contributed by atoms with E-state index in [-0.39, 0.29) is 17.0 Å². The molecule has 1 aliphatic heterocycles. The number of hydrogen-bond donors (Lipinski definition) is 1. The Balaban J connectivity index is 2.04. The molecule has 1 unspecified atom stereocenters. The van der Waals surface area contributed by atoms with Crippen LogP contribution in [0.3, 0.4) is 0 Å². The Morgan fingerprint density at radius 1 is 1.07 bits per heavy atom. The van der Waals surface area contributed by atoms with Crippen LogP contribution in [0, 0.1) is 11.6 Å². The molecule has 5 nitrogen and oxygen atoms in total.